The van der Waals surface area contributed by atoms with Gasteiger partial charge >= 0.3 is 6.09 Å². The molecule has 1 fully saturated rings. The summed E-state index contributed by atoms with van der Waals surface area (Å²) in [7, 11) is 1.65. The predicted molar refractivity (Wildman–Crippen MR) is 101 cm³/mol. The minimum atomic E-state index is -0.547. The summed E-state index contributed by atoms with van der Waals surface area (Å²) in [5, 5.41) is 5.98. The zero-order valence-electron chi connectivity index (χ0n) is 16.3. The maximum Gasteiger partial charge on any atom is 0.407 e. The number of likely N-dealkylation sites (tertiary alicyclic amines) is 1. The molecule has 1 aromatic carbocycles. The lowest BCUT2D eigenvalue weighted by Crippen LogP contribution is -2.44. The number of hydrogen-bond donors (Lipinski definition) is 2. The van der Waals surface area contributed by atoms with Crippen molar-refractivity contribution in [3.05, 3.63) is 35.4 Å². The van der Waals surface area contributed by atoms with Crippen molar-refractivity contribution in [3.8, 4) is 0 Å². The van der Waals surface area contributed by atoms with E-state index in [1.807, 2.05) is 25.7 Å². The molecule has 1 amide bonds. The Balaban J connectivity index is 1.82. The normalized spacial score (nSPS) is 17.8. The van der Waals surface area contributed by atoms with E-state index in [1.165, 1.54) is 18.2 Å². The van der Waals surface area contributed by atoms with E-state index in [9.17, 15) is 13.6 Å². The molecular weight excluding hydrogens is 354 g/mol. The topological polar surface area (TPSA) is 66.0 Å². The van der Waals surface area contributed by atoms with E-state index in [4.69, 9.17) is 4.74 Å². The van der Waals surface area contributed by atoms with Crippen LogP contribution in [0.4, 0.5) is 13.6 Å². The lowest BCUT2D eigenvalue weighted by molar-refractivity contribution is 0.0507. The number of guanidine groups is 1. The lowest BCUT2D eigenvalue weighted by Gasteiger charge is -2.23. The number of benzene rings is 1. The van der Waals surface area contributed by atoms with Crippen LogP contribution in [0.3, 0.4) is 0 Å². The number of alkyl carbamates (subject to hydrolysis) is 1. The highest BCUT2D eigenvalue weighted by Gasteiger charge is 2.27. The summed E-state index contributed by atoms with van der Waals surface area (Å²) in [4.78, 5) is 18.1. The van der Waals surface area contributed by atoms with Crippen LogP contribution in [-0.4, -0.2) is 55.3 Å². The van der Waals surface area contributed by atoms with Crippen molar-refractivity contribution >= 4 is 12.1 Å². The van der Waals surface area contributed by atoms with E-state index in [-0.39, 0.29) is 18.0 Å². The highest BCUT2D eigenvalue weighted by molar-refractivity contribution is 5.80. The minimum absolute atomic E-state index is 0.0394. The maximum absolute atomic E-state index is 13.7. The van der Waals surface area contributed by atoms with Crippen molar-refractivity contribution in [1.82, 2.24) is 15.5 Å². The Kier molecular flexibility index (Phi) is 6.98. The quantitative estimate of drug-likeness (QED) is 0.621. The van der Waals surface area contributed by atoms with Crippen LogP contribution in [0.15, 0.2) is 23.2 Å². The Hall–Kier alpha value is -2.38. The molecule has 1 saturated heterocycles. The summed E-state index contributed by atoms with van der Waals surface area (Å²) in [6.45, 7) is 7.11. The van der Waals surface area contributed by atoms with Crippen LogP contribution in [-0.2, 0) is 11.2 Å². The summed E-state index contributed by atoms with van der Waals surface area (Å²) < 4.78 is 32.6. The van der Waals surface area contributed by atoms with Crippen LogP contribution in [0.25, 0.3) is 0 Å². The van der Waals surface area contributed by atoms with Crippen molar-refractivity contribution in [1.29, 1.82) is 0 Å². The third-order valence-corrected chi connectivity index (χ3v) is 4.14. The van der Waals surface area contributed by atoms with Crippen molar-refractivity contribution in [2.45, 2.75) is 45.3 Å². The van der Waals surface area contributed by atoms with E-state index < -0.39 is 23.3 Å². The third kappa shape index (κ3) is 6.37. The van der Waals surface area contributed by atoms with Crippen LogP contribution in [0.2, 0.25) is 0 Å². The first-order valence-corrected chi connectivity index (χ1v) is 9.07. The molecule has 6 nitrogen and oxygen atoms in total. The molecule has 8 heteroatoms. The van der Waals surface area contributed by atoms with E-state index >= 15 is 0 Å². The second-order valence-corrected chi connectivity index (χ2v) is 7.50. The van der Waals surface area contributed by atoms with Crippen LogP contribution in [0.1, 0.15) is 32.8 Å². The molecule has 0 saturated carbocycles. The number of aliphatic imine (C=N–C) groups is 1. The van der Waals surface area contributed by atoms with E-state index in [0.29, 0.717) is 25.6 Å². The van der Waals surface area contributed by atoms with Crippen molar-refractivity contribution in [2.75, 3.05) is 26.7 Å². The molecule has 27 heavy (non-hydrogen) atoms. The molecule has 0 aliphatic carbocycles. The van der Waals surface area contributed by atoms with Crippen LogP contribution < -0.4 is 10.6 Å². The Bertz CT molecular complexity index is 669. The van der Waals surface area contributed by atoms with E-state index in [0.717, 1.165) is 6.42 Å². The van der Waals surface area contributed by atoms with Gasteiger partial charge in [0.1, 0.15) is 17.2 Å². The van der Waals surface area contributed by atoms with Gasteiger partial charge in [-0.05, 0) is 45.7 Å². The fourth-order valence-corrected chi connectivity index (χ4v) is 2.95. The number of rotatable bonds is 4. The molecule has 2 N–H and O–H groups in total. The number of hydrogen-bond acceptors (Lipinski definition) is 3. The Morgan fingerprint density at radius 3 is 2.59 bits per heavy atom. The van der Waals surface area contributed by atoms with Gasteiger partial charge in [0.25, 0.3) is 0 Å². The molecule has 1 aromatic rings. The van der Waals surface area contributed by atoms with Gasteiger partial charge in [0.05, 0.1) is 6.04 Å². The Morgan fingerprint density at radius 1 is 1.33 bits per heavy atom. The molecule has 1 aliphatic rings. The van der Waals surface area contributed by atoms with Crippen molar-refractivity contribution < 1.29 is 18.3 Å². The summed E-state index contributed by atoms with van der Waals surface area (Å²) in [5.41, 5.74) is -0.478. The first-order chi connectivity index (χ1) is 12.7. The average Bonchev–Trinajstić information content (AvgIpc) is 3.00. The Labute approximate surface area is 159 Å². The minimum Gasteiger partial charge on any atom is -0.444 e. The SMILES string of the molecule is CN=C(NCCc1c(F)cccc1F)N1CCC(NC(=O)OC(C)(C)C)C1. The number of ether oxygens (including phenoxy) is 1. The Morgan fingerprint density at radius 2 is 2.00 bits per heavy atom. The summed E-state index contributed by atoms with van der Waals surface area (Å²) in [6.07, 6.45) is 0.541. The molecule has 0 radical (unpaired) electrons. The highest BCUT2D eigenvalue weighted by atomic mass is 19.1. The first-order valence-electron chi connectivity index (χ1n) is 9.07. The molecule has 1 aliphatic heterocycles. The third-order valence-electron chi connectivity index (χ3n) is 4.14. The van der Waals surface area contributed by atoms with Crippen molar-refractivity contribution in [3.63, 3.8) is 0 Å². The fourth-order valence-electron chi connectivity index (χ4n) is 2.95. The molecule has 1 unspecified atom stereocenters. The van der Waals surface area contributed by atoms with E-state index in [1.54, 1.807) is 7.05 Å². The van der Waals surface area contributed by atoms with Crippen LogP contribution in [0.5, 0.6) is 0 Å². The molecule has 1 heterocycles. The predicted octanol–water partition coefficient (Wildman–Crippen LogP) is 2.68. The van der Waals surface area contributed by atoms with Gasteiger partial charge in [0.15, 0.2) is 5.96 Å². The number of nitrogens with zero attached hydrogens (tertiary/aromatic N) is 2. The van der Waals surface area contributed by atoms with Gasteiger partial charge in [-0.15, -0.1) is 0 Å². The molecule has 0 aromatic heterocycles. The molecular formula is C19H28F2N4O2. The van der Waals surface area contributed by atoms with Gasteiger partial charge < -0.3 is 20.3 Å². The standard InChI is InChI=1S/C19H28F2N4O2/c1-19(2,3)27-18(26)24-13-9-11-25(12-13)17(22-4)23-10-8-14-15(20)6-5-7-16(14)21/h5-7,13H,8-12H2,1-4H3,(H,22,23)(H,24,26). The van der Waals surface area contributed by atoms with Crippen molar-refractivity contribution in [2.24, 2.45) is 4.99 Å². The monoisotopic (exact) mass is 382 g/mol. The molecule has 1 atom stereocenters. The molecule has 0 spiro atoms. The average molecular weight is 382 g/mol. The fraction of sp³-hybridized carbons (Fsp3) is 0.579. The maximum atomic E-state index is 13.7. The second kappa shape index (κ2) is 9.01. The molecule has 150 valence electrons. The van der Waals surface area contributed by atoms with Gasteiger partial charge in [-0.3, -0.25) is 4.99 Å². The number of carbonyl (C=O) groups excluding carboxylic acids is 1. The van der Waals surface area contributed by atoms with Gasteiger partial charge in [0, 0.05) is 32.2 Å². The number of nitrogens with one attached hydrogen (secondary N) is 2. The van der Waals surface area contributed by atoms with Crippen LogP contribution >= 0.6 is 0 Å². The summed E-state index contributed by atoms with van der Waals surface area (Å²) in [5.74, 6) is -0.454. The highest BCUT2D eigenvalue weighted by Crippen LogP contribution is 2.14. The smallest absolute Gasteiger partial charge is 0.407 e. The second-order valence-electron chi connectivity index (χ2n) is 7.50. The van der Waals surface area contributed by atoms with Gasteiger partial charge in [-0.25, -0.2) is 13.6 Å². The van der Waals surface area contributed by atoms with Gasteiger partial charge in [0.2, 0.25) is 0 Å². The van der Waals surface area contributed by atoms with Gasteiger partial charge in [-0.1, -0.05) is 6.07 Å². The molecule has 0 bridgehead atoms. The van der Waals surface area contributed by atoms with Crippen LogP contribution in [0, 0.1) is 11.6 Å². The largest absolute Gasteiger partial charge is 0.444 e. The zero-order valence-corrected chi connectivity index (χ0v) is 16.3. The first kappa shape index (κ1) is 20.9. The summed E-state index contributed by atoms with van der Waals surface area (Å²) >= 11 is 0. The van der Waals surface area contributed by atoms with Gasteiger partial charge in [-0.2, -0.15) is 0 Å². The zero-order chi connectivity index (χ0) is 20.0. The number of carbonyl (C=O) groups is 1. The number of halogens is 2. The van der Waals surface area contributed by atoms with E-state index in [2.05, 4.69) is 15.6 Å². The number of amides is 1. The lowest BCUT2D eigenvalue weighted by atomic mass is 10.1. The summed E-state index contributed by atoms with van der Waals surface area (Å²) in [6, 6.07) is 3.81. The molecule has 2 rings (SSSR count).